The fourth-order valence-corrected chi connectivity index (χ4v) is 4.50. The Morgan fingerprint density at radius 3 is 1.85 bits per heavy atom. The third-order valence-electron chi connectivity index (χ3n) is 6.07. The van der Waals surface area contributed by atoms with Crippen LogP contribution in [0.5, 0.6) is 28.7 Å². The molecule has 3 atom stereocenters. The molecule has 0 saturated carbocycles. The Morgan fingerprint density at radius 1 is 0.853 bits per heavy atom. The van der Waals surface area contributed by atoms with Gasteiger partial charge >= 0.3 is 35.5 Å². The van der Waals surface area contributed by atoms with Crippen molar-refractivity contribution < 1.29 is 69.0 Å². The summed E-state index contributed by atoms with van der Waals surface area (Å²) in [5.41, 5.74) is 1.83. The van der Waals surface area contributed by atoms with Gasteiger partial charge in [-0.05, 0) is 42.3 Å². The SMILES string of the molecule is CCOC(=O)C1C(C)C(=O)c2cc(OC)c(OC)cc2C1c1cc(OC)c(OC)c(OC)c1.[H-].[Na+]. The first-order valence-corrected chi connectivity index (χ1v) is 10.6. The van der Waals surface area contributed by atoms with E-state index in [-0.39, 0.29) is 43.4 Å². The summed E-state index contributed by atoms with van der Waals surface area (Å²) in [5.74, 6) is -0.297. The monoisotopic (exact) mass is 482 g/mol. The number of Topliss-reactive ketones (excluding diaryl/α,β-unsaturated/α-hetero) is 1. The van der Waals surface area contributed by atoms with Crippen LogP contribution in [0.1, 0.15) is 42.7 Å². The number of esters is 1. The summed E-state index contributed by atoms with van der Waals surface area (Å²) in [6.07, 6.45) is 0. The van der Waals surface area contributed by atoms with Gasteiger partial charge in [-0.15, -0.1) is 0 Å². The van der Waals surface area contributed by atoms with Crippen LogP contribution >= 0.6 is 0 Å². The molecule has 0 saturated heterocycles. The zero-order valence-electron chi connectivity index (χ0n) is 22.0. The summed E-state index contributed by atoms with van der Waals surface area (Å²) < 4.78 is 32.8. The normalized spacial score (nSPS) is 18.8. The van der Waals surface area contributed by atoms with Gasteiger partial charge in [-0.2, -0.15) is 0 Å². The number of rotatable bonds is 8. The summed E-state index contributed by atoms with van der Waals surface area (Å²) >= 11 is 0. The molecule has 0 N–H and O–H groups in total. The van der Waals surface area contributed by atoms with Crippen molar-refractivity contribution in [3.63, 3.8) is 0 Å². The molecule has 1 aliphatic carbocycles. The quantitative estimate of drug-likeness (QED) is 0.407. The minimum absolute atomic E-state index is 0. The third kappa shape index (κ3) is 4.85. The summed E-state index contributed by atoms with van der Waals surface area (Å²) in [7, 11) is 7.61. The van der Waals surface area contributed by atoms with Crippen LogP contribution in [0.2, 0.25) is 0 Å². The van der Waals surface area contributed by atoms with Crippen LogP contribution in [-0.2, 0) is 9.53 Å². The molecule has 0 radical (unpaired) electrons. The van der Waals surface area contributed by atoms with E-state index in [0.29, 0.717) is 39.9 Å². The van der Waals surface area contributed by atoms with Gasteiger partial charge in [0.05, 0.1) is 48.1 Å². The van der Waals surface area contributed by atoms with Crippen molar-refractivity contribution in [1.29, 1.82) is 0 Å². The van der Waals surface area contributed by atoms with Crippen molar-refractivity contribution in [1.82, 2.24) is 0 Å². The topological polar surface area (TPSA) is 89.5 Å². The van der Waals surface area contributed by atoms with Gasteiger partial charge in [0.1, 0.15) is 0 Å². The van der Waals surface area contributed by atoms with Gasteiger partial charge in [0.25, 0.3) is 0 Å². The molecule has 2 aromatic carbocycles. The van der Waals surface area contributed by atoms with E-state index in [9.17, 15) is 9.59 Å². The Balaban J connectivity index is 0.00000306. The molecule has 1 aliphatic rings. The van der Waals surface area contributed by atoms with E-state index < -0.39 is 23.7 Å². The van der Waals surface area contributed by atoms with Gasteiger partial charge in [-0.25, -0.2) is 0 Å². The summed E-state index contributed by atoms with van der Waals surface area (Å²) in [6, 6.07) is 7.00. The van der Waals surface area contributed by atoms with E-state index in [0.717, 1.165) is 5.56 Å². The van der Waals surface area contributed by atoms with Gasteiger partial charge in [0.15, 0.2) is 28.8 Å². The molecule has 3 unspecified atom stereocenters. The van der Waals surface area contributed by atoms with E-state index in [1.165, 1.54) is 35.5 Å². The molecular formula is C25H31NaO8. The molecule has 2 aromatic rings. The second-order valence-corrected chi connectivity index (χ2v) is 7.66. The maximum absolute atomic E-state index is 13.4. The molecule has 0 heterocycles. The second-order valence-electron chi connectivity index (χ2n) is 7.66. The summed E-state index contributed by atoms with van der Waals surface area (Å²) in [4.78, 5) is 26.5. The predicted octanol–water partition coefficient (Wildman–Crippen LogP) is 0.990. The molecule has 0 spiro atoms. The zero-order valence-corrected chi connectivity index (χ0v) is 23.0. The largest absolute Gasteiger partial charge is 1.00 e. The van der Waals surface area contributed by atoms with Crippen LogP contribution < -0.4 is 53.2 Å². The Morgan fingerprint density at radius 2 is 1.38 bits per heavy atom. The van der Waals surface area contributed by atoms with Gasteiger partial charge in [0.2, 0.25) is 5.75 Å². The molecule has 8 nitrogen and oxygen atoms in total. The number of benzene rings is 2. The Labute approximate surface area is 223 Å². The molecule has 0 amide bonds. The van der Waals surface area contributed by atoms with E-state index in [4.69, 9.17) is 28.4 Å². The van der Waals surface area contributed by atoms with Gasteiger partial charge in [-0.3, -0.25) is 9.59 Å². The molecule has 34 heavy (non-hydrogen) atoms. The van der Waals surface area contributed by atoms with Crippen LogP contribution in [0.3, 0.4) is 0 Å². The number of fused-ring (bicyclic) bond motifs is 1. The van der Waals surface area contributed by atoms with Crippen molar-refractivity contribution in [2.75, 3.05) is 42.2 Å². The van der Waals surface area contributed by atoms with Crippen molar-refractivity contribution in [3.8, 4) is 28.7 Å². The number of ether oxygens (including phenoxy) is 6. The molecule has 180 valence electrons. The van der Waals surface area contributed by atoms with Crippen LogP contribution in [0, 0.1) is 11.8 Å². The standard InChI is InChI=1S/C25H30O8.Na.H/c1-8-33-25(27)21-13(2)23(26)16-12-18(29-4)17(28-3)11-15(16)22(21)14-9-19(30-5)24(32-7)20(10-14)31-6;;/h9-13,21-22H,8H2,1-7H3;;/q;+1;-1. The fourth-order valence-electron chi connectivity index (χ4n) is 4.50. The number of carbonyl (C=O) groups excluding carboxylic acids is 2. The first-order valence-electron chi connectivity index (χ1n) is 10.6. The average molecular weight is 483 g/mol. The zero-order chi connectivity index (χ0) is 24.3. The number of hydrogen-bond donors (Lipinski definition) is 0. The second kappa shape index (κ2) is 11.8. The number of carbonyl (C=O) groups is 2. The average Bonchev–Trinajstić information content (AvgIpc) is 2.84. The van der Waals surface area contributed by atoms with E-state index in [1.54, 1.807) is 38.1 Å². The first-order chi connectivity index (χ1) is 15.9. The van der Waals surface area contributed by atoms with Crippen molar-refractivity contribution in [3.05, 3.63) is 41.0 Å². The molecular weight excluding hydrogens is 451 g/mol. The summed E-state index contributed by atoms with van der Waals surface area (Å²) in [6.45, 7) is 3.69. The maximum Gasteiger partial charge on any atom is 1.00 e. The third-order valence-corrected chi connectivity index (χ3v) is 6.07. The summed E-state index contributed by atoms with van der Waals surface area (Å²) in [5, 5.41) is 0. The van der Waals surface area contributed by atoms with E-state index in [1.807, 2.05) is 0 Å². The van der Waals surface area contributed by atoms with Crippen LogP contribution in [0.4, 0.5) is 0 Å². The minimum Gasteiger partial charge on any atom is -1.00 e. The van der Waals surface area contributed by atoms with Crippen LogP contribution in [-0.4, -0.2) is 53.9 Å². The first kappa shape index (κ1) is 27.8. The number of methoxy groups -OCH3 is 5. The maximum atomic E-state index is 13.4. The van der Waals surface area contributed by atoms with Gasteiger partial charge in [0, 0.05) is 17.4 Å². The Bertz CT molecular complexity index is 1030. The molecule has 0 fully saturated rings. The molecule has 9 heteroatoms. The van der Waals surface area contributed by atoms with Crippen molar-refractivity contribution >= 4 is 11.8 Å². The van der Waals surface area contributed by atoms with Crippen molar-refractivity contribution in [2.24, 2.45) is 11.8 Å². The van der Waals surface area contributed by atoms with E-state index in [2.05, 4.69) is 0 Å². The number of ketones is 1. The molecule has 3 rings (SSSR count). The van der Waals surface area contributed by atoms with Crippen LogP contribution in [0.25, 0.3) is 0 Å². The van der Waals surface area contributed by atoms with E-state index >= 15 is 0 Å². The molecule has 0 bridgehead atoms. The Hall–Kier alpha value is -2.42. The fraction of sp³-hybridized carbons (Fsp3) is 0.440. The Kier molecular flexibility index (Phi) is 9.67. The molecule has 0 aliphatic heterocycles. The van der Waals surface area contributed by atoms with Gasteiger partial charge in [-0.1, -0.05) is 6.92 Å². The van der Waals surface area contributed by atoms with Crippen molar-refractivity contribution in [2.45, 2.75) is 19.8 Å². The molecule has 0 aromatic heterocycles. The van der Waals surface area contributed by atoms with Gasteiger partial charge < -0.3 is 29.8 Å². The van der Waals surface area contributed by atoms with Crippen LogP contribution in [0.15, 0.2) is 24.3 Å². The minimum atomic E-state index is -0.758. The number of hydrogen-bond acceptors (Lipinski definition) is 8. The smallest absolute Gasteiger partial charge is 1.00 e. The predicted molar refractivity (Wildman–Crippen MR) is 122 cm³/mol.